The molecule has 2 aromatic carbocycles. The van der Waals surface area contributed by atoms with E-state index in [-0.39, 0.29) is 11.4 Å². The Kier molecular flexibility index (Phi) is 6.44. The van der Waals surface area contributed by atoms with Gasteiger partial charge in [-0.05, 0) is 65.9 Å². The zero-order valence-electron chi connectivity index (χ0n) is 16.6. The Morgan fingerprint density at radius 1 is 1.17 bits per heavy atom. The number of methoxy groups -OCH3 is 1. The SMILES string of the molecule is COC1(CS(=O)c2ccccc2)CCN(CCc2csc3ccc(F)cc23)CC1. The Labute approximate surface area is 178 Å². The third-order valence-electron chi connectivity index (χ3n) is 5.91. The molecule has 4 rings (SSSR count). The summed E-state index contributed by atoms with van der Waals surface area (Å²) in [6.07, 6.45) is 2.67. The van der Waals surface area contributed by atoms with Gasteiger partial charge >= 0.3 is 0 Å². The van der Waals surface area contributed by atoms with E-state index < -0.39 is 10.8 Å². The maximum Gasteiger partial charge on any atom is 0.123 e. The second-order valence-corrected chi connectivity index (χ2v) is 10.0. The lowest BCUT2D eigenvalue weighted by atomic mass is 9.93. The Morgan fingerprint density at radius 2 is 1.93 bits per heavy atom. The van der Waals surface area contributed by atoms with Crippen LogP contribution < -0.4 is 0 Å². The lowest BCUT2D eigenvalue weighted by Gasteiger charge is -2.40. The monoisotopic (exact) mass is 431 g/mol. The van der Waals surface area contributed by atoms with E-state index in [4.69, 9.17) is 4.74 Å². The van der Waals surface area contributed by atoms with Crippen LogP contribution in [0.2, 0.25) is 0 Å². The van der Waals surface area contributed by atoms with Crippen molar-refractivity contribution >= 4 is 32.2 Å². The first kappa shape index (κ1) is 20.7. The molecule has 1 atom stereocenters. The molecule has 2 heterocycles. The number of nitrogens with zero attached hydrogens (tertiary/aromatic N) is 1. The third-order valence-corrected chi connectivity index (χ3v) is 8.51. The minimum absolute atomic E-state index is 0.175. The van der Waals surface area contributed by atoms with E-state index >= 15 is 0 Å². The van der Waals surface area contributed by atoms with E-state index in [9.17, 15) is 8.60 Å². The van der Waals surface area contributed by atoms with Crippen molar-refractivity contribution in [2.75, 3.05) is 32.5 Å². The molecule has 0 bridgehead atoms. The van der Waals surface area contributed by atoms with Crippen LogP contribution in [0, 0.1) is 5.82 Å². The van der Waals surface area contributed by atoms with Gasteiger partial charge in [-0.2, -0.15) is 0 Å². The number of fused-ring (bicyclic) bond motifs is 1. The molecule has 6 heteroatoms. The van der Waals surface area contributed by atoms with Gasteiger partial charge < -0.3 is 9.64 Å². The maximum absolute atomic E-state index is 13.6. The Balaban J connectivity index is 1.34. The van der Waals surface area contributed by atoms with Gasteiger partial charge in [-0.1, -0.05) is 18.2 Å². The van der Waals surface area contributed by atoms with Crippen LogP contribution in [0.5, 0.6) is 0 Å². The smallest absolute Gasteiger partial charge is 0.123 e. The number of ether oxygens (including phenoxy) is 1. The van der Waals surface area contributed by atoms with Crippen LogP contribution in [0.1, 0.15) is 18.4 Å². The van der Waals surface area contributed by atoms with Crippen LogP contribution in [0.25, 0.3) is 10.1 Å². The summed E-state index contributed by atoms with van der Waals surface area (Å²) in [6.45, 7) is 2.80. The molecule has 0 N–H and O–H groups in total. The number of likely N-dealkylation sites (tertiary alicyclic amines) is 1. The average Bonchev–Trinajstić information content (AvgIpc) is 3.16. The van der Waals surface area contributed by atoms with Gasteiger partial charge in [-0.15, -0.1) is 11.3 Å². The van der Waals surface area contributed by atoms with Gasteiger partial charge in [0.25, 0.3) is 0 Å². The number of hydrogen-bond donors (Lipinski definition) is 0. The Morgan fingerprint density at radius 3 is 2.66 bits per heavy atom. The molecule has 3 nitrogen and oxygen atoms in total. The van der Waals surface area contributed by atoms with Gasteiger partial charge in [-0.25, -0.2) is 4.39 Å². The maximum atomic E-state index is 13.6. The normalized spacial score (nSPS) is 18.1. The number of piperidine rings is 1. The van der Waals surface area contributed by atoms with E-state index in [1.54, 1.807) is 24.5 Å². The molecule has 0 radical (unpaired) electrons. The van der Waals surface area contributed by atoms with Crippen molar-refractivity contribution in [3.8, 4) is 0 Å². The molecule has 1 aliphatic heterocycles. The van der Waals surface area contributed by atoms with Crippen molar-refractivity contribution in [1.29, 1.82) is 0 Å². The zero-order chi connectivity index (χ0) is 20.3. The fourth-order valence-electron chi connectivity index (χ4n) is 4.01. The molecule has 1 aromatic heterocycles. The van der Waals surface area contributed by atoms with Gasteiger partial charge in [0.2, 0.25) is 0 Å². The van der Waals surface area contributed by atoms with E-state index in [0.717, 1.165) is 53.9 Å². The molecule has 1 aliphatic rings. The van der Waals surface area contributed by atoms with Crippen molar-refractivity contribution in [3.63, 3.8) is 0 Å². The van der Waals surface area contributed by atoms with Crippen LogP contribution in [0.3, 0.4) is 0 Å². The number of halogens is 1. The second-order valence-electron chi connectivity index (χ2n) is 7.68. The summed E-state index contributed by atoms with van der Waals surface area (Å²) in [4.78, 5) is 3.30. The Hall–Kier alpha value is -1.60. The molecule has 1 saturated heterocycles. The summed E-state index contributed by atoms with van der Waals surface area (Å²) in [5, 5.41) is 3.19. The van der Waals surface area contributed by atoms with Gasteiger partial charge in [-0.3, -0.25) is 4.21 Å². The molecular formula is C23H26FNO2S2. The fourth-order valence-corrected chi connectivity index (χ4v) is 6.50. The number of thiophene rings is 1. The quantitative estimate of drug-likeness (QED) is 0.534. The lowest BCUT2D eigenvalue weighted by Crippen LogP contribution is -2.49. The van der Waals surface area contributed by atoms with Crippen LogP contribution in [0.15, 0.2) is 58.8 Å². The molecule has 0 spiro atoms. The molecule has 0 amide bonds. The fraction of sp³-hybridized carbons (Fsp3) is 0.391. The van der Waals surface area contributed by atoms with Crippen molar-refractivity contribution in [2.45, 2.75) is 29.8 Å². The van der Waals surface area contributed by atoms with E-state index in [1.165, 1.54) is 11.6 Å². The summed E-state index contributed by atoms with van der Waals surface area (Å²) >= 11 is 1.68. The molecule has 154 valence electrons. The molecule has 3 aromatic rings. The van der Waals surface area contributed by atoms with Crippen molar-refractivity contribution in [2.24, 2.45) is 0 Å². The first-order valence-electron chi connectivity index (χ1n) is 9.95. The molecule has 29 heavy (non-hydrogen) atoms. The highest BCUT2D eigenvalue weighted by molar-refractivity contribution is 7.85. The van der Waals surface area contributed by atoms with Crippen LogP contribution in [-0.2, 0) is 22.0 Å². The highest BCUT2D eigenvalue weighted by atomic mass is 32.2. The van der Waals surface area contributed by atoms with Gasteiger partial charge in [0.05, 0.1) is 22.2 Å². The summed E-state index contributed by atoms with van der Waals surface area (Å²) in [5.74, 6) is 0.363. The Bertz CT molecular complexity index is 981. The van der Waals surface area contributed by atoms with Gasteiger partial charge in [0, 0.05) is 36.3 Å². The first-order valence-corrected chi connectivity index (χ1v) is 12.1. The highest BCUT2D eigenvalue weighted by Crippen LogP contribution is 2.30. The third kappa shape index (κ3) is 4.77. The van der Waals surface area contributed by atoms with E-state index in [2.05, 4.69) is 10.3 Å². The minimum Gasteiger partial charge on any atom is -0.377 e. The standard InChI is InChI=1S/C23H26FNO2S2/c1-27-23(17-29(26)20-5-3-2-4-6-20)10-13-25(14-11-23)12-9-18-16-28-22-8-7-19(24)15-21(18)22/h2-8,15-16H,9-14,17H2,1H3. The first-order chi connectivity index (χ1) is 14.1. The average molecular weight is 432 g/mol. The molecule has 0 aliphatic carbocycles. The summed E-state index contributed by atoms with van der Waals surface area (Å²) < 4.78 is 33.4. The van der Waals surface area contributed by atoms with Crippen molar-refractivity contribution in [3.05, 3.63) is 65.3 Å². The van der Waals surface area contributed by atoms with Crippen molar-refractivity contribution < 1.29 is 13.3 Å². The number of rotatable bonds is 7. The molecular weight excluding hydrogens is 405 g/mol. The molecule has 1 fully saturated rings. The summed E-state index contributed by atoms with van der Waals surface area (Å²) in [7, 11) is 0.685. The minimum atomic E-state index is -1.06. The molecule has 0 saturated carbocycles. The van der Waals surface area contributed by atoms with E-state index in [0.29, 0.717) is 5.75 Å². The highest BCUT2D eigenvalue weighted by Gasteiger charge is 2.36. The number of hydrogen-bond acceptors (Lipinski definition) is 4. The predicted molar refractivity (Wildman–Crippen MR) is 119 cm³/mol. The van der Waals surface area contributed by atoms with Crippen LogP contribution >= 0.6 is 11.3 Å². The van der Waals surface area contributed by atoms with Crippen LogP contribution in [0.4, 0.5) is 4.39 Å². The largest absolute Gasteiger partial charge is 0.377 e. The topological polar surface area (TPSA) is 29.5 Å². The zero-order valence-corrected chi connectivity index (χ0v) is 18.2. The summed E-state index contributed by atoms with van der Waals surface area (Å²) in [6, 6.07) is 14.7. The lowest BCUT2D eigenvalue weighted by molar-refractivity contribution is -0.0391. The van der Waals surface area contributed by atoms with Crippen LogP contribution in [-0.4, -0.2) is 47.2 Å². The van der Waals surface area contributed by atoms with Gasteiger partial charge in [0.1, 0.15) is 5.82 Å². The number of benzene rings is 2. The summed E-state index contributed by atoms with van der Waals surface area (Å²) in [5.41, 5.74) is 0.897. The second kappa shape index (κ2) is 9.04. The van der Waals surface area contributed by atoms with Gasteiger partial charge in [0.15, 0.2) is 0 Å². The predicted octanol–water partition coefficient (Wildman–Crippen LogP) is 4.87. The van der Waals surface area contributed by atoms with E-state index in [1.807, 2.05) is 36.4 Å². The van der Waals surface area contributed by atoms with Crippen molar-refractivity contribution in [1.82, 2.24) is 4.90 Å². The molecule has 1 unspecified atom stereocenters.